The molecule has 1 aromatic carbocycles. The van der Waals surface area contributed by atoms with E-state index in [1.165, 1.54) is 0 Å². The Morgan fingerprint density at radius 3 is 2.90 bits per heavy atom. The minimum absolute atomic E-state index is 0.498. The summed E-state index contributed by atoms with van der Waals surface area (Å²) in [6.07, 6.45) is 3.26. The van der Waals surface area contributed by atoms with Gasteiger partial charge in [-0.05, 0) is 36.2 Å². The van der Waals surface area contributed by atoms with Crippen molar-refractivity contribution in [2.75, 3.05) is 12.8 Å². The molecule has 0 saturated heterocycles. The lowest BCUT2D eigenvalue weighted by molar-refractivity contribution is 0.415. The van der Waals surface area contributed by atoms with E-state index in [2.05, 4.69) is 10.2 Å². The van der Waals surface area contributed by atoms with Crippen molar-refractivity contribution in [1.29, 1.82) is 0 Å². The summed E-state index contributed by atoms with van der Waals surface area (Å²) in [7, 11) is 1.65. The van der Waals surface area contributed by atoms with Gasteiger partial charge in [0.1, 0.15) is 11.5 Å². The highest BCUT2D eigenvalue weighted by Gasteiger charge is 2.14. The average Bonchev–Trinajstić information content (AvgIpc) is 3.14. The monoisotopic (exact) mass is 283 g/mol. The van der Waals surface area contributed by atoms with Gasteiger partial charge < -0.3 is 14.9 Å². The Labute approximate surface area is 122 Å². The number of furan rings is 1. The van der Waals surface area contributed by atoms with Crippen LogP contribution in [0.4, 0.5) is 5.82 Å². The smallest absolute Gasteiger partial charge is 0.153 e. The first kappa shape index (κ1) is 13.3. The van der Waals surface area contributed by atoms with Crippen LogP contribution in [0.2, 0.25) is 0 Å². The van der Waals surface area contributed by atoms with Crippen molar-refractivity contribution in [3.63, 3.8) is 0 Å². The standard InChI is InChI=1S/C16H17N3O2/c1-20-13-5-2-4-11(10-13)15-14(18-19-16(15)17)8-7-12-6-3-9-21-12/h2-6,9-10H,7-8H2,1H3,(H3,17,18,19). The van der Waals surface area contributed by atoms with E-state index in [0.29, 0.717) is 5.82 Å². The molecule has 0 saturated carbocycles. The third kappa shape index (κ3) is 2.76. The van der Waals surface area contributed by atoms with Crippen LogP contribution in [0.15, 0.2) is 47.1 Å². The average molecular weight is 283 g/mol. The number of nitrogens with two attached hydrogens (primary N) is 1. The van der Waals surface area contributed by atoms with Crippen molar-refractivity contribution in [2.24, 2.45) is 0 Å². The Morgan fingerprint density at radius 1 is 1.24 bits per heavy atom. The number of aryl methyl sites for hydroxylation is 2. The van der Waals surface area contributed by atoms with Gasteiger partial charge >= 0.3 is 0 Å². The van der Waals surface area contributed by atoms with E-state index >= 15 is 0 Å². The molecule has 0 amide bonds. The summed E-state index contributed by atoms with van der Waals surface area (Å²) < 4.78 is 10.6. The van der Waals surface area contributed by atoms with E-state index in [1.807, 2.05) is 36.4 Å². The molecule has 21 heavy (non-hydrogen) atoms. The summed E-state index contributed by atoms with van der Waals surface area (Å²) in [5, 5.41) is 7.14. The molecule has 5 nitrogen and oxygen atoms in total. The van der Waals surface area contributed by atoms with Crippen molar-refractivity contribution < 1.29 is 9.15 Å². The molecule has 108 valence electrons. The van der Waals surface area contributed by atoms with E-state index < -0.39 is 0 Å². The van der Waals surface area contributed by atoms with Crippen LogP contribution in [-0.2, 0) is 12.8 Å². The van der Waals surface area contributed by atoms with Crippen LogP contribution in [0.5, 0.6) is 5.75 Å². The first-order valence-corrected chi connectivity index (χ1v) is 6.77. The fourth-order valence-electron chi connectivity index (χ4n) is 2.38. The van der Waals surface area contributed by atoms with Crippen LogP contribution < -0.4 is 10.5 Å². The Hall–Kier alpha value is -2.69. The third-order valence-corrected chi connectivity index (χ3v) is 3.43. The van der Waals surface area contributed by atoms with Crippen LogP contribution in [0.1, 0.15) is 11.5 Å². The van der Waals surface area contributed by atoms with Crippen molar-refractivity contribution in [1.82, 2.24) is 10.2 Å². The van der Waals surface area contributed by atoms with Crippen molar-refractivity contribution >= 4 is 5.82 Å². The zero-order valence-corrected chi connectivity index (χ0v) is 11.8. The molecule has 0 fully saturated rings. The molecular formula is C16H17N3O2. The predicted octanol–water partition coefficient (Wildman–Crippen LogP) is 3.05. The Kier molecular flexibility index (Phi) is 3.64. The zero-order valence-electron chi connectivity index (χ0n) is 11.8. The number of ether oxygens (including phenoxy) is 1. The fraction of sp³-hybridized carbons (Fsp3) is 0.188. The second-order valence-electron chi connectivity index (χ2n) is 4.77. The number of benzene rings is 1. The third-order valence-electron chi connectivity index (χ3n) is 3.43. The number of aromatic nitrogens is 2. The van der Waals surface area contributed by atoms with Gasteiger partial charge in [-0.3, -0.25) is 5.10 Å². The van der Waals surface area contributed by atoms with Gasteiger partial charge in [0.15, 0.2) is 5.82 Å². The first-order valence-electron chi connectivity index (χ1n) is 6.77. The Balaban J connectivity index is 1.89. The first-order chi connectivity index (χ1) is 10.3. The maximum Gasteiger partial charge on any atom is 0.153 e. The summed E-state index contributed by atoms with van der Waals surface area (Å²) in [5.74, 6) is 2.24. The summed E-state index contributed by atoms with van der Waals surface area (Å²) in [6, 6.07) is 11.7. The van der Waals surface area contributed by atoms with Gasteiger partial charge in [-0.15, -0.1) is 0 Å². The molecule has 5 heteroatoms. The van der Waals surface area contributed by atoms with Crippen LogP contribution >= 0.6 is 0 Å². The van der Waals surface area contributed by atoms with Crippen molar-refractivity contribution in [3.8, 4) is 16.9 Å². The van der Waals surface area contributed by atoms with Gasteiger partial charge in [0, 0.05) is 17.7 Å². The highest BCUT2D eigenvalue weighted by atomic mass is 16.5. The van der Waals surface area contributed by atoms with Gasteiger partial charge in [0.25, 0.3) is 0 Å². The number of aromatic amines is 1. The lowest BCUT2D eigenvalue weighted by atomic mass is 10.0. The van der Waals surface area contributed by atoms with Gasteiger partial charge in [0.05, 0.1) is 13.4 Å². The van der Waals surface area contributed by atoms with Crippen molar-refractivity contribution in [2.45, 2.75) is 12.8 Å². The second-order valence-corrected chi connectivity index (χ2v) is 4.77. The van der Waals surface area contributed by atoms with E-state index in [1.54, 1.807) is 13.4 Å². The lowest BCUT2D eigenvalue weighted by Gasteiger charge is -2.06. The summed E-state index contributed by atoms with van der Waals surface area (Å²) >= 11 is 0. The van der Waals surface area contributed by atoms with Gasteiger partial charge in [-0.1, -0.05) is 12.1 Å². The van der Waals surface area contributed by atoms with Crippen LogP contribution in [0.25, 0.3) is 11.1 Å². The minimum Gasteiger partial charge on any atom is -0.497 e. The predicted molar refractivity (Wildman–Crippen MR) is 81.1 cm³/mol. The Morgan fingerprint density at radius 2 is 2.14 bits per heavy atom. The van der Waals surface area contributed by atoms with E-state index in [9.17, 15) is 0 Å². The summed E-state index contributed by atoms with van der Waals surface area (Å²) in [6.45, 7) is 0. The molecule has 0 unspecified atom stereocenters. The number of nitrogen functional groups attached to an aromatic ring is 1. The molecule has 0 bridgehead atoms. The zero-order chi connectivity index (χ0) is 14.7. The molecule has 0 atom stereocenters. The van der Waals surface area contributed by atoms with E-state index in [0.717, 1.165) is 41.2 Å². The maximum absolute atomic E-state index is 6.01. The van der Waals surface area contributed by atoms with Crippen LogP contribution in [0, 0.1) is 0 Å². The molecule has 3 N–H and O–H groups in total. The number of hydrogen-bond acceptors (Lipinski definition) is 4. The van der Waals surface area contributed by atoms with Gasteiger partial charge in [-0.25, -0.2) is 0 Å². The number of anilines is 1. The number of H-pyrrole nitrogens is 1. The van der Waals surface area contributed by atoms with Crippen LogP contribution in [0.3, 0.4) is 0 Å². The normalized spacial score (nSPS) is 10.7. The molecule has 2 aromatic heterocycles. The van der Waals surface area contributed by atoms with E-state index in [4.69, 9.17) is 14.9 Å². The number of hydrogen-bond donors (Lipinski definition) is 2. The highest BCUT2D eigenvalue weighted by molar-refractivity contribution is 5.77. The van der Waals surface area contributed by atoms with Gasteiger partial charge in [0.2, 0.25) is 0 Å². The van der Waals surface area contributed by atoms with E-state index in [-0.39, 0.29) is 0 Å². The minimum atomic E-state index is 0.498. The largest absolute Gasteiger partial charge is 0.497 e. The van der Waals surface area contributed by atoms with Gasteiger partial charge in [-0.2, -0.15) is 5.10 Å². The topological polar surface area (TPSA) is 77.1 Å². The SMILES string of the molecule is COc1cccc(-c2c(N)n[nH]c2CCc2ccco2)c1. The maximum atomic E-state index is 6.01. The Bertz CT molecular complexity index is 717. The van der Waals surface area contributed by atoms with Crippen molar-refractivity contribution in [3.05, 3.63) is 54.1 Å². The summed E-state index contributed by atoms with van der Waals surface area (Å²) in [4.78, 5) is 0. The molecule has 0 radical (unpaired) electrons. The second kappa shape index (κ2) is 5.75. The molecular weight excluding hydrogens is 266 g/mol. The number of nitrogens with zero attached hydrogens (tertiary/aromatic N) is 1. The lowest BCUT2D eigenvalue weighted by Crippen LogP contribution is -1.94. The summed E-state index contributed by atoms with van der Waals surface area (Å²) in [5.41, 5.74) is 8.93. The van der Waals surface area contributed by atoms with Crippen LogP contribution in [-0.4, -0.2) is 17.3 Å². The molecule has 2 heterocycles. The highest BCUT2D eigenvalue weighted by Crippen LogP contribution is 2.31. The quantitative estimate of drug-likeness (QED) is 0.754. The number of methoxy groups -OCH3 is 1. The fourth-order valence-corrected chi connectivity index (χ4v) is 2.38. The molecule has 3 aromatic rings. The molecule has 0 aliphatic rings. The number of rotatable bonds is 5. The molecule has 0 aliphatic heterocycles. The molecule has 0 spiro atoms. The molecule has 0 aliphatic carbocycles. The molecule has 3 rings (SSSR count). The number of nitrogens with one attached hydrogen (secondary N) is 1.